The minimum Gasteiger partial charge on any atom is -0.363 e. The zero-order chi connectivity index (χ0) is 15.3. The summed E-state index contributed by atoms with van der Waals surface area (Å²) in [5.74, 6) is 1.87. The van der Waals surface area contributed by atoms with Crippen molar-refractivity contribution in [3.63, 3.8) is 0 Å². The number of pyridine rings is 1. The van der Waals surface area contributed by atoms with E-state index in [9.17, 15) is 0 Å². The summed E-state index contributed by atoms with van der Waals surface area (Å²) in [6, 6.07) is 10.5. The third-order valence-corrected chi connectivity index (χ3v) is 5.56. The Bertz CT molecular complexity index is 740. The number of hydrogen-bond acceptors (Lipinski definition) is 6. The summed E-state index contributed by atoms with van der Waals surface area (Å²) < 4.78 is 1.03. The molecule has 1 aromatic heterocycles. The van der Waals surface area contributed by atoms with E-state index in [-0.39, 0.29) is 14.2 Å². The number of thioether (sulfide) groups is 1. The summed E-state index contributed by atoms with van der Waals surface area (Å²) in [5, 5.41) is 6.48. The first-order valence-corrected chi connectivity index (χ1v) is 8.85. The van der Waals surface area contributed by atoms with E-state index in [2.05, 4.69) is 56.1 Å². The first-order chi connectivity index (χ1) is 10.6. The smallest absolute Gasteiger partial charge is 0.363 e. The van der Waals surface area contributed by atoms with Gasteiger partial charge in [0, 0.05) is 10.0 Å². The van der Waals surface area contributed by atoms with E-state index in [4.69, 9.17) is 10.6 Å². The summed E-state index contributed by atoms with van der Waals surface area (Å²) >= 11 is 5.46. The first kappa shape index (κ1) is 14.6. The fraction of sp³-hybridized carbons (Fsp3) is 0.154. The molecule has 4 N–H and O–H groups in total. The zero-order valence-electron chi connectivity index (χ0n) is 12.0. The van der Waals surface area contributed by atoms with Gasteiger partial charge in [-0.3, -0.25) is 0 Å². The lowest BCUT2D eigenvalue weighted by Crippen LogP contribution is -2.84. The van der Waals surface area contributed by atoms with Crippen LogP contribution in [0.5, 0.6) is 0 Å². The number of aryl methyl sites for hydroxylation is 1. The van der Waals surface area contributed by atoms with Crippen LogP contribution in [0, 0.1) is 6.92 Å². The Kier molecular flexibility index (Phi) is 3.70. The lowest BCUT2D eigenvalue weighted by atomic mass is 9.64. The Morgan fingerprint density at radius 2 is 2.14 bits per heavy atom. The van der Waals surface area contributed by atoms with Gasteiger partial charge in [-0.1, -0.05) is 24.3 Å². The molecule has 1 fully saturated rings. The van der Waals surface area contributed by atoms with Crippen LogP contribution in [0.4, 0.5) is 5.82 Å². The summed E-state index contributed by atoms with van der Waals surface area (Å²) in [5.41, 5.74) is 9.09. The first-order valence-electron chi connectivity index (χ1n) is 7.07. The Labute approximate surface area is 142 Å². The maximum absolute atomic E-state index is 5.74. The van der Waals surface area contributed by atoms with Gasteiger partial charge >= 0.3 is 14.2 Å². The molecule has 0 unspecified atom stereocenters. The lowest BCUT2D eigenvalue weighted by Gasteiger charge is -2.36. The van der Waals surface area contributed by atoms with E-state index in [1.807, 2.05) is 12.1 Å². The third kappa shape index (κ3) is 2.37. The fourth-order valence-corrected chi connectivity index (χ4v) is 4.44. The van der Waals surface area contributed by atoms with E-state index in [1.165, 1.54) is 10.5 Å². The van der Waals surface area contributed by atoms with Crippen LogP contribution in [0.2, 0.25) is 0 Å². The Balaban J connectivity index is 1.76. The average molecular weight is 374 g/mol. The Morgan fingerprint density at radius 3 is 2.86 bits per heavy atom. The van der Waals surface area contributed by atoms with Gasteiger partial charge in [0.1, 0.15) is 5.82 Å². The van der Waals surface area contributed by atoms with Crippen molar-refractivity contribution in [2.45, 2.75) is 11.8 Å². The Morgan fingerprint density at radius 1 is 1.36 bits per heavy atom. The highest BCUT2D eigenvalue weighted by molar-refractivity contribution is 9.10. The Hall–Kier alpha value is -0.990. The zero-order valence-corrected chi connectivity index (χ0v) is 14.4. The molecule has 0 atom stereocenters. The summed E-state index contributed by atoms with van der Waals surface area (Å²) in [4.78, 5) is 8.32. The lowest BCUT2D eigenvalue weighted by molar-refractivity contribution is 1.02. The van der Waals surface area contributed by atoms with E-state index < -0.39 is 0 Å². The molecule has 9 heteroatoms. The van der Waals surface area contributed by atoms with Crippen LogP contribution in [-0.2, 0) is 0 Å². The maximum Gasteiger partial charge on any atom is 0.414 e. The van der Waals surface area contributed by atoms with Crippen molar-refractivity contribution < 1.29 is 0 Å². The maximum atomic E-state index is 5.74. The van der Waals surface area contributed by atoms with Crippen LogP contribution in [0.1, 0.15) is 5.56 Å². The molecule has 22 heavy (non-hydrogen) atoms. The van der Waals surface area contributed by atoms with Crippen molar-refractivity contribution >= 4 is 47.7 Å². The van der Waals surface area contributed by atoms with Gasteiger partial charge in [-0.2, -0.15) is 0 Å². The number of benzene rings is 1. The van der Waals surface area contributed by atoms with Crippen molar-refractivity contribution in [2.24, 2.45) is 5.64 Å². The topological polar surface area (TPSA) is 66.2 Å². The molecule has 0 saturated carbocycles. The molecule has 1 saturated heterocycles. The van der Waals surface area contributed by atoms with Crippen LogP contribution < -0.4 is 20.7 Å². The second-order valence-electron chi connectivity index (χ2n) is 5.41. The molecular formula is C13H14B2BrN5S. The number of anilines is 1. The minimum atomic E-state index is -0.134. The van der Waals surface area contributed by atoms with Crippen LogP contribution in [0.25, 0.3) is 11.3 Å². The van der Waals surface area contributed by atoms with Crippen molar-refractivity contribution in [1.82, 2.24) is 15.3 Å². The van der Waals surface area contributed by atoms with Gasteiger partial charge in [0.2, 0.25) is 0 Å². The molecule has 1 aromatic carbocycles. The molecule has 0 radical (unpaired) electrons. The second kappa shape index (κ2) is 5.58. The number of nitrogens with two attached hydrogens (primary N) is 1. The number of halogens is 1. The molecule has 0 amide bonds. The van der Waals surface area contributed by atoms with Gasteiger partial charge < -0.3 is 20.7 Å². The second-order valence-corrected chi connectivity index (χ2v) is 7.25. The standard InChI is InChI=1S/C13H14B2BrN5S/c1-8-4-2-3-5-9(8)12-10(16)6-11-13(18-12)21(7-22-11)15-19-14(17)20-15/h2-6,19-20H,7,17H2,1H3. The quantitative estimate of drug-likeness (QED) is 0.698. The van der Waals surface area contributed by atoms with Crippen LogP contribution in [0.15, 0.2) is 39.7 Å². The van der Waals surface area contributed by atoms with E-state index >= 15 is 0 Å². The summed E-state index contributed by atoms with van der Waals surface area (Å²) in [6.07, 6.45) is 0. The molecule has 110 valence electrons. The molecule has 3 heterocycles. The monoisotopic (exact) mass is 373 g/mol. The molecule has 4 rings (SSSR count). The van der Waals surface area contributed by atoms with Crippen LogP contribution in [0.3, 0.4) is 0 Å². The molecule has 2 aromatic rings. The molecule has 0 aliphatic carbocycles. The summed E-state index contributed by atoms with van der Waals surface area (Å²) in [7, 11) is -0.0764. The normalized spacial score (nSPS) is 16.8. The number of aromatic nitrogens is 1. The molecule has 5 nitrogen and oxygen atoms in total. The number of fused-ring (bicyclic) bond motifs is 1. The van der Waals surface area contributed by atoms with Gasteiger partial charge in [0.15, 0.2) is 0 Å². The molecular weight excluding hydrogens is 360 g/mol. The fourth-order valence-electron chi connectivity index (χ4n) is 2.72. The predicted molar refractivity (Wildman–Crippen MR) is 97.3 cm³/mol. The molecule has 0 bridgehead atoms. The van der Waals surface area contributed by atoms with Crippen molar-refractivity contribution in [1.29, 1.82) is 0 Å². The molecule has 2 aliphatic rings. The minimum absolute atomic E-state index is 0.0575. The van der Waals surface area contributed by atoms with Gasteiger partial charge in [-0.25, -0.2) is 4.98 Å². The highest BCUT2D eigenvalue weighted by atomic mass is 79.9. The largest absolute Gasteiger partial charge is 0.414 e. The molecule has 0 spiro atoms. The van der Waals surface area contributed by atoms with Crippen molar-refractivity contribution in [2.75, 3.05) is 10.7 Å². The van der Waals surface area contributed by atoms with Gasteiger partial charge in [0.05, 0.1) is 16.5 Å². The van der Waals surface area contributed by atoms with Gasteiger partial charge in [-0.15, -0.1) is 11.8 Å². The van der Waals surface area contributed by atoms with Crippen molar-refractivity contribution in [3.8, 4) is 11.3 Å². The van der Waals surface area contributed by atoms with E-state index in [1.54, 1.807) is 11.8 Å². The highest BCUT2D eigenvalue weighted by Gasteiger charge is 2.42. The number of nitrogens with one attached hydrogen (secondary N) is 2. The van der Waals surface area contributed by atoms with Gasteiger partial charge in [0.25, 0.3) is 0 Å². The van der Waals surface area contributed by atoms with Gasteiger partial charge in [-0.05, 0) is 34.5 Å². The van der Waals surface area contributed by atoms with Crippen molar-refractivity contribution in [3.05, 3.63) is 40.4 Å². The van der Waals surface area contributed by atoms with Crippen LogP contribution in [-0.4, -0.2) is 25.1 Å². The number of hydrogen-bond donors (Lipinski definition) is 3. The van der Waals surface area contributed by atoms with E-state index in [0.29, 0.717) is 0 Å². The SMILES string of the molecule is Cc1ccccc1-c1nc2c(cc1Br)SCN2B1NB(N)N1. The van der Waals surface area contributed by atoms with E-state index in [0.717, 1.165) is 27.4 Å². The van der Waals surface area contributed by atoms with Crippen LogP contribution >= 0.6 is 27.7 Å². The number of rotatable bonds is 2. The predicted octanol–water partition coefficient (Wildman–Crippen LogP) is 1.81. The summed E-state index contributed by atoms with van der Waals surface area (Å²) in [6.45, 7) is 2.11. The third-order valence-electron chi connectivity index (χ3n) is 3.94. The number of nitrogens with zero attached hydrogens (tertiary/aromatic N) is 2. The average Bonchev–Trinajstić information content (AvgIpc) is 2.86. The highest BCUT2D eigenvalue weighted by Crippen LogP contribution is 2.42. The molecule has 2 aliphatic heterocycles.